The van der Waals surface area contributed by atoms with E-state index in [1.54, 1.807) is 23.1 Å². The van der Waals surface area contributed by atoms with E-state index >= 15 is 0 Å². The van der Waals surface area contributed by atoms with E-state index in [9.17, 15) is 0 Å². The van der Waals surface area contributed by atoms with Gasteiger partial charge in [0.25, 0.3) is 0 Å². The second-order valence-electron chi connectivity index (χ2n) is 3.07. The van der Waals surface area contributed by atoms with Crippen molar-refractivity contribution >= 4 is 22.3 Å². The van der Waals surface area contributed by atoms with Crippen molar-refractivity contribution < 1.29 is 0 Å². The Morgan fingerprint density at radius 3 is 2.79 bits per heavy atom. The molecule has 2 rings (SSSR count). The number of anilines is 2. The largest absolute Gasteiger partial charge is 0.398 e. The van der Waals surface area contributed by atoms with Gasteiger partial charge in [0.05, 0.1) is 11.9 Å². The van der Waals surface area contributed by atoms with Gasteiger partial charge in [0.1, 0.15) is 5.52 Å². The highest BCUT2D eigenvalue weighted by Crippen LogP contribution is 2.25. The Balaban J connectivity index is 2.70. The predicted molar refractivity (Wildman–Crippen MR) is 58.5 cm³/mol. The van der Waals surface area contributed by atoms with E-state index in [0.717, 1.165) is 17.4 Å². The van der Waals surface area contributed by atoms with E-state index in [4.69, 9.17) is 11.5 Å². The molecule has 0 bridgehead atoms. The molecule has 5 nitrogen and oxygen atoms in total. The normalized spacial score (nSPS) is 10.6. The van der Waals surface area contributed by atoms with Gasteiger partial charge in [-0.1, -0.05) is 0 Å². The molecule has 0 saturated heterocycles. The number of hydrogen-bond donors (Lipinski definition) is 3. The van der Waals surface area contributed by atoms with Gasteiger partial charge in [0, 0.05) is 17.6 Å². The van der Waals surface area contributed by atoms with Crippen LogP contribution in [0.1, 0.15) is 6.92 Å². The summed E-state index contributed by atoms with van der Waals surface area (Å²) < 4.78 is 0. The number of aromatic nitrogens is 2. The molecular weight excluding hydrogens is 178 g/mol. The minimum absolute atomic E-state index is 0.674. The van der Waals surface area contributed by atoms with Crippen molar-refractivity contribution in [2.75, 3.05) is 23.4 Å². The highest BCUT2D eigenvalue weighted by atomic mass is 15.6. The molecule has 1 aromatic carbocycles. The molecule has 0 aliphatic carbocycles. The fourth-order valence-electron chi connectivity index (χ4n) is 1.46. The van der Waals surface area contributed by atoms with Crippen molar-refractivity contribution in [1.29, 1.82) is 0 Å². The molecule has 0 amide bonds. The lowest BCUT2D eigenvalue weighted by Crippen LogP contribution is -2.15. The molecule has 74 valence electrons. The molecule has 0 aliphatic rings. The Bertz CT molecular complexity index is 459. The van der Waals surface area contributed by atoms with Gasteiger partial charge in [-0.2, -0.15) is 9.89 Å². The second-order valence-corrected chi connectivity index (χ2v) is 3.07. The van der Waals surface area contributed by atoms with Crippen LogP contribution < -0.4 is 16.9 Å². The van der Waals surface area contributed by atoms with Crippen molar-refractivity contribution in [3.05, 3.63) is 18.3 Å². The zero-order chi connectivity index (χ0) is 10.1. The predicted octanol–water partition coefficient (Wildman–Crippen LogP) is 0.764. The van der Waals surface area contributed by atoms with Crippen LogP contribution in [0.3, 0.4) is 0 Å². The van der Waals surface area contributed by atoms with Crippen LogP contribution in [0, 0.1) is 0 Å². The van der Waals surface area contributed by atoms with Crippen LogP contribution in [0.25, 0.3) is 10.9 Å². The smallest absolute Gasteiger partial charge is 0.117 e. The maximum Gasteiger partial charge on any atom is 0.117 e. The van der Waals surface area contributed by atoms with Crippen LogP contribution in [0.5, 0.6) is 0 Å². The van der Waals surface area contributed by atoms with Crippen LogP contribution in [-0.4, -0.2) is 16.4 Å². The Hall–Kier alpha value is -1.91. The summed E-state index contributed by atoms with van der Waals surface area (Å²) in [6, 6.07) is 3.57. The summed E-state index contributed by atoms with van der Waals surface area (Å²) in [6.07, 6.45) is 1.71. The Labute approximate surface area is 81.6 Å². The Kier molecular flexibility index (Phi) is 1.92. The van der Waals surface area contributed by atoms with E-state index < -0.39 is 0 Å². The lowest BCUT2D eigenvalue weighted by molar-refractivity contribution is 0.773. The third-order valence-electron chi connectivity index (χ3n) is 2.10. The average molecular weight is 191 g/mol. The number of rotatable bonds is 2. The number of hydrogen-bond acceptors (Lipinski definition) is 4. The molecule has 5 heteroatoms. The lowest BCUT2D eigenvalue weighted by Gasteiger charge is -2.06. The minimum Gasteiger partial charge on any atom is -0.398 e. The zero-order valence-corrected chi connectivity index (χ0v) is 7.99. The Morgan fingerprint density at radius 1 is 1.36 bits per heavy atom. The van der Waals surface area contributed by atoms with Gasteiger partial charge in [-0.3, -0.25) is 0 Å². The summed E-state index contributed by atoms with van der Waals surface area (Å²) in [5, 5.41) is 5.03. The first-order valence-corrected chi connectivity index (χ1v) is 4.49. The van der Waals surface area contributed by atoms with E-state index in [1.807, 2.05) is 6.92 Å². The van der Waals surface area contributed by atoms with E-state index in [1.165, 1.54) is 0 Å². The number of nitrogens with two attached hydrogens (primary N) is 2. The van der Waals surface area contributed by atoms with Gasteiger partial charge in [-0.25, -0.2) is 0 Å². The average Bonchev–Trinajstić information content (AvgIpc) is 2.58. The van der Waals surface area contributed by atoms with Crippen molar-refractivity contribution in [3.63, 3.8) is 0 Å². The van der Waals surface area contributed by atoms with Crippen LogP contribution in [-0.2, 0) is 0 Å². The van der Waals surface area contributed by atoms with Crippen LogP contribution in [0.4, 0.5) is 11.4 Å². The SMILES string of the molecule is CCNn1ncc2c(N)ccc(N)c21. The summed E-state index contributed by atoms with van der Waals surface area (Å²) in [6.45, 7) is 2.78. The van der Waals surface area contributed by atoms with E-state index in [0.29, 0.717) is 11.4 Å². The molecule has 2 aromatic rings. The summed E-state index contributed by atoms with van der Waals surface area (Å²) in [4.78, 5) is 1.65. The quantitative estimate of drug-likeness (QED) is 0.612. The van der Waals surface area contributed by atoms with E-state index in [-0.39, 0.29) is 0 Å². The molecule has 0 fully saturated rings. The van der Waals surface area contributed by atoms with E-state index in [2.05, 4.69) is 10.5 Å². The number of nitrogens with one attached hydrogen (secondary N) is 1. The maximum absolute atomic E-state index is 5.84. The fourth-order valence-corrected chi connectivity index (χ4v) is 1.46. The highest BCUT2D eigenvalue weighted by Gasteiger charge is 2.07. The number of benzene rings is 1. The summed E-state index contributed by atoms with van der Waals surface area (Å²) in [5.41, 5.74) is 16.9. The number of nitrogen functional groups attached to an aromatic ring is 2. The maximum atomic E-state index is 5.84. The first-order valence-electron chi connectivity index (χ1n) is 4.49. The van der Waals surface area contributed by atoms with Gasteiger partial charge in [0.2, 0.25) is 0 Å². The summed E-state index contributed by atoms with van der Waals surface area (Å²) in [7, 11) is 0. The lowest BCUT2D eigenvalue weighted by atomic mass is 10.2. The van der Waals surface area contributed by atoms with Gasteiger partial charge in [-0.05, 0) is 19.1 Å². The zero-order valence-electron chi connectivity index (χ0n) is 7.99. The molecule has 0 atom stereocenters. The summed E-state index contributed by atoms with van der Waals surface area (Å²) in [5.74, 6) is 0. The first kappa shape index (κ1) is 8.68. The first-order chi connectivity index (χ1) is 6.74. The molecule has 0 saturated carbocycles. The molecule has 1 heterocycles. The van der Waals surface area contributed by atoms with Gasteiger partial charge >= 0.3 is 0 Å². The number of nitrogens with zero attached hydrogens (tertiary/aromatic N) is 2. The van der Waals surface area contributed by atoms with Gasteiger partial charge in [0.15, 0.2) is 0 Å². The Morgan fingerprint density at radius 2 is 2.07 bits per heavy atom. The van der Waals surface area contributed by atoms with Crippen molar-refractivity contribution in [2.24, 2.45) is 0 Å². The molecule has 0 unspecified atom stereocenters. The highest BCUT2D eigenvalue weighted by molar-refractivity contribution is 5.97. The van der Waals surface area contributed by atoms with Crippen molar-refractivity contribution in [1.82, 2.24) is 9.89 Å². The second kappa shape index (κ2) is 3.10. The van der Waals surface area contributed by atoms with Gasteiger partial charge in [-0.15, -0.1) is 0 Å². The number of fused-ring (bicyclic) bond motifs is 1. The molecular formula is C9H13N5. The molecule has 0 radical (unpaired) electrons. The fraction of sp³-hybridized carbons (Fsp3) is 0.222. The van der Waals surface area contributed by atoms with Crippen LogP contribution >= 0.6 is 0 Å². The standard InChI is InChI=1S/C9H13N5/c1-2-12-14-9-6(5-13-14)7(10)3-4-8(9)11/h3-5,12H,2,10-11H2,1H3. The van der Waals surface area contributed by atoms with Crippen molar-refractivity contribution in [3.8, 4) is 0 Å². The molecule has 5 N–H and O–H groups in total. The third-order valence-corrected chi connectivity index (χ3v) is 2.10. The van der Waals surface area contributed by atoms with Crippen molar-refractivity contribution in [2.45, 2.75) is 6.92 Å². The molecule has 1 aromatic heterocycles. The monoisotopic (exact) mass is 191 g/mol. The topological polar surface area (TPSA) is 81.9 Å². The minimum atomic E-state index is 0.674. The molecule has 0 aliphatic heterocycles. The molecule has 14 heavy (non-hydrogen) atoms. The molecule has 0 spiro atoms. The summed E-state index contributed by atoms with van der Waals surface area (Å²) >= 11 is 0. The van der Waals surface area contributed by atoms with Crippen LogP contribution in [0.15, 0.2) is 18.3 Å². The third kappa shape index (κ3) is 1.14. The van der Waals surface area contributed by atoms with Gasteiger partial charge < -0.3 is 16.9 Å². The van der Waals surface area contributed by atoms with Crippen LogP contribution in [0.2, 0.25) is 0 Å².